The number of hydrogen-bond donors (Lipinski definition) is 0. The average Bonchev–Trinajstić information content (AvgIpc) is 2.56. The minimum Gasteiger partial charge on any atom is -0.377 e. The van der Waals surface area contributed by atoms with Crippen LogP contribution < -0.4 is 0 Å². The van der Waals surface area contributed by atoms with E-state index in [-0.39, 0.29) is 0 Å². The molecule has 0 radical (unpaired) electrons. The lowest BCUT2D eigenvalue weighted by Crippen LogP contribution is -2.33. The molecular weight excluding hydrogens is 210 g/mol. The number of likely N-dealkylation sites (tertiary alicyclic amines) is 1. The van der Waals surface area contributed by atoms with Crippen LogP contribution >= 0.6 is 0 Å². The third-order valence-corrected chi connectivity index (χ3v) is 4.41. The van der Waals surface area contributed by atoms with E-state index in [0.29, 0.717) is 6.10 Å². The van der Waals surface area contributed by atoms with Crippen molar-refractivity contribution in [2.45, 2.75) is 64.4 Å². The van der Waals surface area contributed by atoms with Crippen LogP contribution in [0.4, 0.5) is 0 Å². The molecule has 2 fully saturated rings. The van der Waals surface area contributed by atoms with Gasteiger partial charge in [0.1, 0.15) is 0 Å². The third-order valence-electron chi connectivity index (χ3n) is 4.41. The Morgan fingerprint density at radius 1 is 0.941 bits per heavy atom. The van der Waals surface area contributed by atoms with Gasteiger partial charge in [-0.15, -0.1) is 0 Å². The smallest absolute Gasteiger partial charge is 0.0597 e. The predicted octanol–water partition coefficient (Wildman–Crippen LogP) is 3.46. The van der Waals surface area contributed by atoms with Gasteiger partial charge in [-0.1, -0.05) is 26.2 Å². The molecule has 1 aliphatic carbocycles. The zero-order valence-electron chi connectivity index (χ0n) is 11.5. The number of ether oxygens (including phenoxy) is 1. The molecule has 2 rings (SSSR count). The van der Waals surface area contributed by atoms with Crippen molar-refractivity contribution in [3.63, 3.8) is 0 Å². The summed E-state index contributed by atoms with van der Waals surface area (Å²) in [6.07, 6.45) is 11.5. The summed E-state index contributed by atoms with van der Waals surface area (Å²) < 4.78 is 6.07. The monoisotopic (exact) mass is 239 g/mol. The molecule has 0 bridgehead atoms. The number of nitrogens with zero attached hydrogens (tertiary/aromatic N) is 1. The summed E-state index contributed by atoms with van der Waals surface area (Å²) in [6, 6.07) is 0. The summed E-state index contributed by atoms with van der Waals surface area (Å²) in [7, 11) is 0. The number of hydrogen-bond acceptors (Lipinski definition) is 2. The molecule has 2 unspecified atom stereocenters. The van der Waals surface area contributed by atoms with E-state index in [2.05, 4.69) is 11.8 Å². The van der Waals surface area contributed by atoms with Crippen LogP contribution in [0.15, 0.2) is 0 Å². The number of rotatable bonds is 4. The fraction of sp³-hybridized carbons (Fsp3) is 1.00. The highest BCUT2D eigenvalue weighted by Gasteiger charge is 2.17. The first kappa shape index (κ1) is 13.4. The van der Waals surface area contributed by atoms with Gasteiger partial charge in [0.15, 0.2) is 0 Å². The van der Waals surface area contributed by atoms with Crippen molar-refractivity contribution in [1.82, 2.24) is 4.90 Å². The van der Waals surface area contributed by atoms with Crippen LogP contribution in [0.2, 0.25) is 0 Å². The van der Waals surface area contributed by atoms with E-state index >= 15 is 0 Å². The Balaban J connectivity index is 1.57. The van der Waals surface area contributed by atoms with Crippen molar-refractivity contribution >= 4 is 0 Å². The Morgan fingerprint density at radius 2 is 1.76 bits per heavy atom. The Morgan fingerprint density at radius 3 is 2.59 bits per heavy atom. The molecule has 1 aliphatic heterocycles. The molecule has 2 aliphatic rings. The first-order chi connectivity index (χ1) is 8.34. The second kappa shape index (κ2) is 7.38. The van der Waals surface area contributed by atoms with Gasteiger partial charge in [-0.3, -0.25) is 0 Å². The van der Waals surface area contributed by atoms with Gasteiger partial charge in [0.05, 0.1) is 12.7 Å². The van der Waals surface area contributed by atoms with E-state index in [0.717, 1.165) is 19.1 Å². The zero-order valence-corrected chi connectivity index (χ0v) is 11.5. The number of piperidine rings is 1. The van der Waals surface area contributed by atoms with Crippen LogP contribution in [0, 0.1) is 5.92 Å². The highest BCUT2D eigenvalue weighted by atomic mass is 16.5. The SMILES string of the molecule is CC1CCCC(OCCN2CCCCC2)CC1. The van der Waals surface area contributed by atoms with Crippen molar-refractivity contribution < 1.29 is 4.74 Å². The fourth-order valence-electron chi connectivity index (χ4n) is 3.15. The van der Waals surface area contributed by atoms with Crippen LogP contribution in [0.1, 0.15) is 58.3 Å². The van der Waals surface area contributed by atoms with Crippen LogP contribution in [0.25, 0.3) is 0 Å². The van der Waals surface area contributed by atoms with Crippen LogP contribution in [0.3, 0.4) is 0 Å². The largest absolute Gasteiger partial charge is 0.377 e. The summed E-state index contributed by atoms with van der Waals surface area (Å²) in [6.45, 7) is 7.09. The Hall–Kier alpha value is -0.0800. The molecular formula is C15H29NO. The van der Waals surface area contributed by atoms with E-state index < -0.39 is 0 Å². The Bertz CT molecular complexity index is 201. The lowest BCUT2D eigenvalue weighted by atomic mass is 10.0. The Labute approximate surface area is 107 Å². The van der Waals surface area contributed by atoms with Gasteiger partial charge in [-0.25, -0.2) is 0 Å². The molecule has 0 aromatic rings. The molecule has 0 amide bonds. The molecule has 2 nitrogen and oxygen atoms in total. The Kier molecular flexibility index (Phi) is 5.79. The maximum Gasteiger partial charge on any atom is 0.0597 e. The summed E-state index contributed by atoms with van der Waals surface area (Å²) in [5, 5.41) is 0. The maximum atomic E-state index is 6.07. The molecule has 0 N–H and O–H groups in total. The fourth-order valence-corrected chi connectivity index (χ4v) is 3.15. The second-order valence-corrected chi connectivity index (χ2v) is 6.01. The van der Waals surface area contributed by atoms with Crippen molar-refractivity contribution in [2.75, 3.05) is 26.2 Å². The van der Waals surface area contributed by atoms with Crippen molar-refractivity contribution in [3.8, 4) is 0 Å². The molecule has 2 atom stereocenters. The van der Waals surface area contributed by atoms with Crippen molar-refractivity contribution in [1.29, 1.82) is 0 Å². The summed E-state index contributed by atoms with van der Waals surface area (Å²) >= 11 is 0. The highest BCUT2D eigenvalue weighted by Crippen LogP contribution is 2.24. The van der Waals surface area contributed by atoms with E-state index in [1.165, 1.54) is 64.5 Å². The minimum absolute atomic E-state index is 0.560. The van der Waals surface area contributed by atoms with Gasteiger partial charge in [0, 0.05) is 6.54 Å². The third kappa shape index (κ3) is 4.97. The summed E-state index contributed by atoms with van der Waals surface area (Å²) in [4.78, 5) is 2.57. The molecule has 0 aromatic heterocycles. The molecule has 17 heavy (non-hydrogen) atoms. The van der Waals surface area contributed by atoms with Gasteiger partial charge >= 0.3 is 0 Å². The van der Waals surface area contributed by atoms with Crippen LogP contribution in [-0.2, 0) is 4.74 Å². The van der Waals surface area contributed by atoms with Gasteiger partial charge in [-0.05, 0) is 51.1 Å². The summed E-state index contributed by atoms with van der Waals surface area (Å²) in [5.74, 6) is 0.922. The maximum absolute atomic E-state index is 6.07. The lowest BCUT2D eigenvalue weighted by molar-refractivity contribution is 0.0258. The van der Waals surface area contributed by atoms with Gasteiger partial charge in [0.2, 0.25) is 0 Å². The van der Waals surface area contributed by atoms with E-state index in [9.17, 15) is 0 Å². The molecule has 1 saturated carbocycles. The van der Waals surface area contributed by atoms with Gasteiger partial charge in [0.25, 0.3) is 0 Å². The van der Waals surface area contributed by atoms with Crippen LogP contribution in [0.5, 0.6) is 0 Å². The molecule has 1 saturated heterocycles. The van der Waals surface area contributed by atoms with Gasteiger partial charge in [-0.2, -0.15) is 0 Å². The van der Waals surface area contributed by atoms with Crippen molar-refractivity contribution in [3.05, 3.63) is 0 Å². The second-order valence-electron chi connectivity index (χ2n) is 6.01. The lowest BCUT2D eigenvalue weighted by Gasteiger charge is -2.27. The zero-order chi connectivity index (χ0) is 11.9. The topological polar surface area (TPSA) is 12.5 Å². The van der Waals surface area contributed by atoms with E-state index in [1.807, 2.05) is 0 Å². The predicted molar refractivity (Wildman–Crippen MR) is 72.3 cm³/mol. The minimum atomic E-state index is 0.560. The first-order valence-electron chi connectivity index (χ1n) is 7.68. The quantitative estimate of drug-likeness (QED) is 0.697. The molecule has 1 heterocycles. The van der Waals surface area contributed by atoms with Crippen molar-refractivity contribution in [2.24, 2.45) is 5.92 Å². The summed E-state index contributed by atoms with van der Waals surface area (Å²) in [5.41, 5.74) is 0. The molecule has 0 aromatic carbocycles. The van der Waals surface area contributed by atoms with E-state index in [1.54, 1.807) is 0 Å². The molecule has 2 heteroatoms. The van der Waals surface area contributed by atoms with Gasteiger partial charge < -0.3 is 9.64 Å². The highest BCUT2D eigenvalue weighted by molar-refractivity contribution is 4.69. The first-order valence-corrected chi connectivity index (χ1v) is 7.68. The molecule has 0 spiro atoms. The normalized spacial score (nSPS) is 32.3. The standard InChI is InChI=1S/C15H29NO/c1-14-6-5-7-15(9-8-14)17-13-12-16-10-3-2-4-11-16/h14-15H,2-13H2,1H3. The van der Waals surface area contributed by atoms with Crippen LogP contribution in [-0.4, -0.2) is 37.2 Å². The average molecular weight is 239 g/mol. The van der Waals surface area contributed by atoms with E-state index in [4.69, 9.17) is 4.74 Å². The molecule has 100 valence electrons.